The molecule has 0 saturated carbocycles. The van der Waals surface area contributed by atoms with E-state index in [-0.39, 0.29) is 23.8 Å². The van der Waals surface area contributed by atoms with Gasteiger partial charge in [0.1, 0.15) is 0 Å². The Morgan fingerprint density at radius 1 is 1.30 bits per heavy atom. The van der Waals surface area contributed by atoms with Crippen molar-refractivity contribution in [1.82, 2.24) is 16.0 Å². The van der Waals surface area contributed by atoms with Gasteiger partial charge in [-0.15, -0.1) is 0 Å². The Morgan fingerprint density at radius 2 is 1.96 bits per heavy atom. The fraction of sp³-hybridized carbons (Fsp3) is 0.556. The third kappa shape index (κ3) is 8.98. The average Bonchev–Trinajstić information content (AvgIpc) is 2.52. The molecule has 0 saturated heterocycles. The van der Waals surface area contributed by atoms with Gasteiger partial charge < -0.3 is 10.6 Å². The second-order valence-electron chi connectivity index (χ2n) is 5.48. The van der Waals surface area contributed by atoms with E-state index in [0.717, 1.165) is 11.1 Å². The number of dihydropyridines is 1. The van der Waals surface area contributed by atoms with Gasteiger partial charge in [0.15, 0.2) is 5.78 Å². The molecule has 0 fully saturated rings. The Bertz CT molecular complexity index is 477. The fourth-order valence-corrected chi connectivity index (χ4v) is 1.83. The molecule has 1 atom stereocenters. The molecule has 0 aromatic rings. The molecule has 0 bridgehead atoms. The second kappa shape index (κ2) is 11.7. The second-order valence-corrected chi connectivity index (χ2v) is 5.48. The summed E-state index contributed by atoms with van der Waals surface area (Å²) in [7, 11) is 0. The number of hydrogen-bond donors (Lipinski definition) is 3. The number of rotatable bonds is 7. The number of ketones is 1. The molecular weight excluding hydrogens is 290 g/mol. The Labute approximate surface area is 140 Å². The van der Waals surface area contributed by atoms with Crippen LogP contribution in [0.5, 0.6) is 0 Å². The molecule has 1 aliphatic rings. The molecule has 0 aromatic heterocycles. The summed E-state index contributed by atoms with van der Waals surface area (Å²) in [6, 6.07) is 0. The number of hydrogen-bond acceptors (Lipinski definition) is 4. The lowest BCUT2D eigenvalue weighted by Crippen LogP contribution is -2.45. The lowest BCUT2D eigenvalue weighted by atomic mass is 10.1. The van der Waals surface area contributed by atoms with Crippen LogP contribution in [0.1, 0.15) is 41.5 Å². The Hall–Kier alpha value is -1.88. The van der Waals surface area contributed by atoms with Crippen molar-refractivity contribution in [1.29, 1.82) is 0 Å². The Morgan fingerprint density at radius 3 is 2.48 bits per heavy atom. The summed E-state index contributed by atoms with van der Waals surface area (Å²) in [4.78, 5) is 22.3. The minimum Gasteiger partial charge on any atom is -0.372 e. The van der Waals surface area contributed by atoms with Crippen molar-refractivity contribution >= 4 is 11.7 Å². The van der Waals surface area contributed by atoms with Gasteiger partial charge in [0, 0.05) is 25.2 Å². The van der Waals surface area contributed by atoms with Crippen molar-refractivity contribution in [3.63, 3.8) is 0 Å². The molecule has 0 aliphatic carbocycles. The first-order valence-corrected chi connectivity index (χ1v) is 8.24. The van der Waals surface area contributed by atoms with Crippen LogP contribution in [-0.2, 0) is 9.59 Å². The van der Waals surface area contributed by atoms with Crippen molar-refractivity contribution in [3.8, 4) is 0 Å². The highest BCUT2D eigenvalue weighted by atomic mass is 16.1. The smallest absolute Gasteiger partial charge is 0.222 e. The van der Waals surface area contributed by atoms with Gasteiger partial charge in [-0.2, -0.15) is 0 Å². The molecular formula is C18H31N3O2. The molecule has 1 heterocycles. The monoisotopic (exact) mass is 321 g/mol. The van der Waals surface area contributed by atoms with Gasteiger partial charge in [-0.05, 0) is 31.1 Å². The largest absolute Gasteiger partial charge is 0.372 e. The molecule has 0 aromatic carbocycles. The predicted octanol–water partition coefficient (Wildman–Crippen LogP) is 2.28. The van der Waals surface area contributed by atoms with Gasteiger partial charge in [-0.1, -0.05) is 39.8 Å². The summed E-state index contributed by atoms with van der Waals surface area (Å²) in [5.41, 5.74) is 2.10. The summed E-state index contributed by atoms with van der Waals surface area (Å²) in [6.45, 7) is 12.6. The summed E-state index contributed by atoms with van der Waals surface area (Å²) >= 11 is 0. The van der Waals surface area contributed by atoms with Crippen LogP contribution < -0.4 is 16.0 Å². The Balaban J connectivity index is 0.00000232. The molecule has 3 N–H and O–H groups in total. The van der Waals surface area contributed by atoms with E-state index in [9.17, 15) is 9.59 Å². The van der Waals surface area contributed by atoms with Crippen LogP contribution in [-0.4, -0.2) is 30.9 Å². The van der Waals surface area contributed by atoms with E-state index in [2.05, 4.69) is 16.0 Å². The first-order valence-electron chi connectivity index (χ1n) is 8.24. The molecule has 1 rings (SSSR count). The lowest BCUT2D eigenvalue weighted by molar-refractivity contribution is -0.123. The third-order valence-electron chi connectivity index (χ3n) is 3.07. The lowest BCUT2D eigenvalue weighted by Gasteiger charge is -2.24. The molecule has 0 radical (unpaired) electrons. The van der Waals surface area contributed by atoms with Crippen molar-refractivity contribution in [2.24, 2.45) is 5.92 Å². The zero-order valence-electron chi connectivity index (χ0n) is 15.2. The van der Waals surface area contributed by atoms with Crippen molar-refractivity contribution in [3.05, 3.63) is 35.6 Å². The molecule has 5 heteroatoms. The highest BCUT2D eigenvalue weighted by Crippen LogP contribution is 2.11. The van der Waals surface area contributed by atoms with Crippen LogP contribution in [0.3, 0.4) is 0 Å². The maximum Gasteiger partial charge on any atom is 0.222 e. The van der Waals surface area contributed by atoms with Crippen LogP contribution in [0.15, 0.2) is 35.6 Å². The highest BCUT2D eigenvalue weighted by molar-refractivity contribution is 5.87. The van der Waals surface area contributed by atoms with Gasteiger partial charge in [0.2, 0.25) is 5.91 Å². The van der Waals surface area contributed by atoms with E-state index in [1.165, 1.54) is 6.92 Å². The zero-order chi connectivity index (χ0) is 17.8. The first-order chi connectivity index (χ1) is 10.9. The van der Waals surface area contributed by atoms with Crippen molar-refractivity contribution in [2.75, 3.05) is 13.1 Å². The number of carbonyl (C=O) groups excluding carboxylic acids is 2. The standard InChI is InChI=1S/C16H25N3O2.C2H6/c1-11(2)16(21)18-8-7-17-15-12(3)9-14(10-19-15)6-5-13(4)20;1-2/h5-6,9-11,15,17,19H,7-8H2,1-4H3,(H,18,21);1-2H3/b6-5+;. The molecule has 1 aliphatic heterocycles. The summed E-state index contributed by atoms with van der Waals surface area (Å²) in [5, 5.41) is 9.42. The molecule has 1 amide bonds. The van der Waals surface area contributed by atoms with Crippen LogP contribution in [0.4, 0.5) is 0 Å². The van der Waals surface area contributed by atoms with E-state index in [1.54, 1.807) is 12.2 Å². The van der Waals surface area contributed by atoms with E-state index in [4.69, 9.17) is 0 Å². The van der Waals surface area contributed by atoms with Crippen LogP contribution >= 0.6 is 0 Å². The third-order valence-corrected chi connectivity index (χ3v) is 3.07. The molecule has 5 nitrogen and oxygen atoms in total. The summed E-state index contributed by atoms with van der Waals surface area (Å²) in [5.74, 6) is 0.110. The first kappa shape index (κ1) is 21.1. The number of carbonyl (C=O) groups is 2. The van der Waals surface area contributed by atoms with E-state index in [1.807, 2.05) is 46.9 Å². The average molecular weight is 321 g/mol. The van der Waals surface area contributed by atoms with Crippen LogP contribution in [0.2, 0.25) is 0 Å². The van der Waals surface area contributed by atoms with Crippen LogP contribution in [0, 0.1) is 5.92 Å². The maximum atomic E-state index is 11.4. The minimum atomic E-state index is 0.0120. The van der Waals surface area contributed by atoms with Gasteiger partial charge in [-0.25, -0.2) is 0 Å². The normalized spacial score (nSPS) is 16.9. The highest BCUT2D eigenvalue weighted by Gasteiger charge is 2.12. The molecule has 0 spiro atoms. The number of amides is 1. The van der Waals surface area contributed by atoms with E-state index in [0.29, 0.717) is 13.1 Å². The minimum absolute atomic E-state index is 0.0120. The zero-order valence-corrected chi connectivity index (χ0v) is 15.2. The van der Waals surface area contributed by atoms with Gasteiger partial charge in [0.25, 0.3) is 0 Å². The van der Waals surface area contributed by atoms with Gasteiger partial charge in [0.05, 0.1) is 6.17 Å². The predicted molar refractivity (Wildman–Crippen MR) is 95.8 cm³/mol. The van der Waals surface area contributed by atoms with Gasteiger partial charge in [-0.3, -0.25) is 14.9 Å². The molecule has 130 valence electrons. The Kier molecular flexibility index (Phi) is 10.7. The molecule has 1 unspecified atom stereocenters. The molecule has 23 heavy (non-hydrogen) atoms. The maximum absolute atomic E-state index is 11.4. The summed E-state index contributed by atoms with van der Waals surface area (Å²) < 4.78 is 0. The topological polar surface area (TPSA) is 70.2 Å². The summed E-state index contributed by atoms with van der Waals surface area (Å²) in [6.07, 6.45) is 7.29. The quantitative estimate of drug-likeness (QED) is 0.497. The number of nitrogens with one attached hydrogen (secondary N) is 3. The van der Waals surface area contributed by atoms with Crippen molar-refractivity contribution in [2.45, 2.75) is 47.7 Å². The number of allylic oxidation sites excluding steroid dienone is 4. The van der Waals surface area contributed by atoms with E-state index >= 15 is 0 Å². The fourth-order valence-electron chi connectivity index (χ4n) is 1.83. The van der Waals surface area contributed by atoms with Crippen molar-refractivity contribution < 1.29 is 9.59 Å². The van der Waals surface area contributed by atoms with E-state index < -0.39 is 0 Å². The van der Waals surface area contributed by atoms with Crippen LogP contribution in [0.25, 0.3) is 0 Å². The van der Waals surface area contributed by atoms with Gasteiger partial charge >= 0.3 is 0 Å². The SMILES string of the molecule is CC.CC(=O)/C=C/C1=CNC(NCCNC(=O)C(C)C)C(C)=C1.